The van der Waals surface area contributed by atoms with Gasteiger partial charge >= 0.3 is 0 Å². The molecule has 2 rings (SSSR count). The van der Waals surface area contributed by atoms with Crippen LogP contribution in [-0.4, -0.2) is 13.7 Å². The standard InChI is InChI=1S/C7H11ClO2S/c8-11(9,10)7-4-5-1-2-6(7)3-5/h5-7H,1-4H2. The highest BCUT2D eigenvalue weighted by atomic mass is 35.7. The Morgan fingerprint density at radius 2 is 1.91 bits per heavy atom. The van der Waals surface area contributed by atoms with Crippen LogP contribution in [0.25, 0.3) is 0 Å². The molecule has 3 unspecified atom stereocenters. The van der Waals surface area contributed by atoms with E-state index in [0.29, 0.717) is 11.8 Å². The summed E-state index contributed by atoms with van der Waals surface area (Å²) in [5.41, 5.74) is 0. The van der Waals surface area contributed by atoms with Gasteiger partial charge in [0.05, 0.1) is 5.25 Å². The van der Waals surface area contributed by atoms with Crippen LogP contribution in [0.3, 0.4) is 0 Å². The third kappa shape index (κ3) is 1.29. The quantitative estimate of drug-likeness (QED) is 0.596. The van der Waals surface area contributed by atoms with Gasteiger partial charge in [-0.15, -0.1) is 0 Å². The minimum atomic E-state index is -3.26. The number of fused-ring (bicyclic) bond motifs is 2. The molecule has 0 aromatic heterocycles. The molecule has 0 radical (unpaired) electrons. The molecule has 0 heterocycles. The molecule has 2 fully saturated rings. The Balaban J connectivity index is 2.21. The predicted molar refractivity (Wildman–Crippen MR) is 44.0 cm³/mol. The summed E-state index contributed by atoms with van der Waals surface area (Å²) >= 11 is 0. The van der Waals surface area contributed by atoms with E-state index >= 15 is 0 Å². The van der Waals surface area contributed by atoms with Crippen LogP contribution in [-0.2, 0) is 9.05 Å². The van der Waals surface area contributed by atoms with Crippen molar-refractivity contribution >= 4 is 19.7 Å². The van der Waals surface area contributed by atoms with Gasteiger partial charge in [-0.2, -0.15) is 0 Å². The van der Waals surface area contributed by atoms with E-state index in [4.69, 9.17) is 10.7 Å². The predicted octanol–water partition coefficient (Wildman–Crippen LogP) is 1.74. The second-order valence-corrected chi connectivity index (χ2v) is 6.54. The summed E-state index contributed by atoms with van der Waals surface area (Å²) in [5.74, 6) is 1.03. The third-order valence-electron chi connectivity index (χ3n) is 3.03. The fourth-order valence-corrected chi connectivity index (χ4v) is 4.39. The number of hydrogen-bond acceptors (Lipinski definition) is 2. The lowest BCUT2D eigenvalue weighted by molar-refractivity contribution is 0.470. The minimum absolute atomic E-state index is 0.220. The van der Waals surface area contributed by atoms with Gasteiger partial charge in [0.25, 0.3) is 0 Å². The van der Waals surface area contributed by atoms with Crippen molar-refractivity contribution in [3.8, 4) is 0 Å². The van der Waals surface area contributed by atoms with Gasteiger partial charge in [-0.3, -0.25) is 0 Å². The smallest absolute Gasteiger partial charge is 0.212 e. The average molecular weight is 195 g/mol. The summed E-state index contributed by atoms with van der Waals surface area (Å²) in [6.07, 6.45) is 4.20. The first-order valence-electron chi connectivity index (χ1n) is 4.01. The largest absolute Gasteiger partial charge is 0.235 e. The maximum Gasteiger partial charge on any atom is 0.235 e. The van der Waals surface area contributed by atoms with Crippen LogP contribution < -0.4 is 0 Å². The van der Waals surface area contributed by atoms with E-state index in [1.54, 1.807) is 0 Å². The van der Waals surface area contributed by atoms with Gasteiger partial charge in [0, 0.05) is 10.7 Å². The molecule has 2 saturated carbocycles. The summed E-state index contributed by atoms with van der Waals surface area (Å²) in [7, 11) is 2.04. The van der Waals surface area contributed by atoms with Crippen LogP contribution in [0.5, 0.6) is 0 Å². The molecule has 2 nitrogen and oxygen atoms in total. The van der Waals surface area contributed by atoms with Gasteiger partial charge in [-0.05, 0) is 31.1 Å². The van der Waals surface area contributed by atoms with Crippen molar-refractivity contribution in [2.75, 3.05) is 0 Å². The van der Waals surface area contributed by atoms with Crippen molar-refractivity contribution < 1.29 is 8.42 Å². The summed E-state index contributed by atoms with van der Waals surface area (Å²) < 4.78 is 22.0. The second kappa shape index (κ2) is 2.36. The molecule has 11 heavy (non-hydrogen) atoms. The Bertz CT molecular complexity index is 260. The van der Waals surface area contributed by atoms with E-state index < -0.39 is 9.05 Å². The van der Waals surface area contributed by atoms with E-state index in [-0.39, 0.29) is 5.25 Å². The summed E-state index contributed by atoms with van der Waals surface area (Å²) in [4.78, 5) is 0. The first-order valence-corrected chi connectivity index (χ1v) is 6.38. The van der Waals surface area contributed by atoms with E-state index in [1.807, 2.05) is 0 Å². The molecule has 0 spiro atoms. The number of hydrogen-bond donors (Lipinski definition) is 0. The fourth-order valence-electron chi connectivity index (χ4n) is 2.53. The summed E-state index contributed by atoms with van der Waals surface area (Å²) in [6, 6.07) is 0. The van der Waals surface area contributed by atoms with Gasteiger partial charge in [-0.1, -0.05) is 6.42 Å². The van der Waals surface area contributed by atoms with Gasteiger partial charge < -0.3 is 0 Å². The van der Waals surface area contributed by atoms with Crippen molar-refractivity contribution in [2.45, 2.75) is 30.9 Å². The van der Waals surface area contributed by atoms with E-state index in [1.165, 1.54) is 6.42 Å². The molecular weight excluding hydrogens is 184 g/mol. The van der Waals surface area contributed by atoms with Crippen LogP contribution in [0.1, 0.15) is 25.7 Å². The maximum absolute atomic E-state index is 11.0. The monoisotopic (exact) mass is 194 g/mol. The molecule has 0 N–H and O–H groups in total. The molecule has 2 aliphatic carbocycles. The van der Waals surface area contributed by atoms with E-state index in [9.17, 15) is 8.42 Å². The topological polar surface area (TPSA) is 34.1 Å². The molecule has 3 atom stereocenters. The molecule has 2 aliphatic rings. The Hall–Kier alpha value is 0.240. The summed E-state index contributed by atoms with van der Waals surface area (Å²) in [6.45, 7) is 0. The summed E-state index contributed by atoms with van der Waals surface area (Å²) in [5, 5.41) is -0.220. The van der Waals surface area contributed by atoms with Crippen molar-refractivity contribution in [2.24, 2.45) is 11.8 Å². The van der Waals surface area contributed by atoms with Gasteiger partial charge in [0.1, 0.15) is 0 Å². The molecule has 64 valence electrons. The zero-order valence-electron chi connectivity index (χ0n) is 6.16. The van der Waals surface area contributed by atoms with Crippen molar-refractivity contribution in [1.82, 2.24) is 0 Å². The van der Waals surface area contributed by atoms with Gasteiger partial charge in [-0.25, -0.2) is 8.42 Å². The highest BCUT2D eigenvalue weighted by Gasteiger charge is 2.45. The third-order valence-corrected chi connectivity index (χ3v) is 5.02. The number of halogens is 1. The zero-order chi connectivity index (χ0) is 8.06. The number of rotatable bonds is 1. The first-order chi connectivity index (χ1) is 5.07. The molecule has 0 aliphatic heterocycles. The molecule has 0 amide bonds. The van der Waals surface area contributed by atoms with Crippen LogP contribution in [0, 0.1) is 11.8 Å². The minimum Gasteiger partial charge on any atom is -0.212 e. The van der Waals surface area contributed by atoms with Crippen LogP contribution >= 0.6 is 10.7 Å². The first kappa shape index (κ1) is 7.87. The van der Waals surface area contributed by atoms with Crippen LogP contribution in [0.4, 0.5) is 0 Å². The van der Waals surface area contributed by atoms with E-state index in [2.05, 4.69) is 0 Å². The van der Waals surface area contributed by atoms with E-state index in [0.717, 1.165) is 19.3 Å². The van der Waals surface area contributed by atoms with Gasteiger partial charge in [0.2, 0.25) is 9.05 Å². The molecule has 0 aromatic rings. The van der Waals surface area contributed by atoms with Crippen molar-refractivity contribution in [3.05, 3.63) is 0 Å². The Morgan fingerprint density at radius 1 is 1.18 bits per heavy atom. The SMILES string of the molecule is O=S(=O)(Cl)C1CC2CCC1C2. The van der Waals surface area contributed by atoms with Crippen molar-refractivity contribution in [1.29, 1.82) is 0 Å². The lowest BCUT2D eigenvalue weighted by Gasteiger charge is -2.17. The molecule has 0 aromatic carbocycles. The maximum atomic E-state index is 11.0. The molecular formula is C7H11ClO2S. The van der Waals surface area contributed by atoms with Gasteiger partial charge in [0.15, 0.2) is 0 Å². The van der Waals surface area contributed by atoms with Crippen molar-refractivity contribution in [3.63, 3.8) is 0 Å². The highest BCUT2D eigenvalue weighted by Crippen LogP contribution is 2.48. The molecule has 0 saturated heterocycles. The van der Waals surface area contributed by atoms with Crippen LogP contribution in [0.2, 0.25) is 0 Å². The molecule has 4 heteroatoms. The lowest BCUT2D eigenvalue weighted by atomic mass is 10.0. The zero-order valence-corrected chi connectivity index (χ0v) is 7.74. The molecule has 2 bridgehead atoms. The Morgan fingerprint density at radius 3 is 2.18 bits per heavy atom. The average Bonchev–Trinajstić information content (AvgIpc) is 2.42. The normalized spacial score (nSPS) is 43.2. The Kier molecular flexibility index (Phi) is 1.69. The fraction of sp³-hybridized carbons (Fsp3) is 1.00. The van der Waals surface area contributed by atoms with Crippen LogP contribution in [0.15, 0.2) is 0 Å². The lowest BCUT2D eigenvalue weighted by Crippen LogP contribution is -2.22. The second-order valence-electron chi connectivity index (χ2n) is 3.69. The Labute approximate surface area is 71.3 Å². The highest BCUT2D eigenvalue weighted by molar-refractivity contribution is 8.14.